The van der Waals surface area contributed by atoms with Crippen LogP contribution in [0.15, 0.2) is 54.6 Å². The first-order valence-electron chi connectivity index (χ1n) is 9.56. The lowest BCUT2D eigenvalue weighted by molar-refractivity contribution is -0.0517. The highest BCUT2D eigenvalue weighted by atomic mass is 35.5. The number of carbonyl (C=O) groups excluding carboxylic acids is 1. The maximum Gasteiger partial charge on any atom is 0.179 e. The average Bonchev–Trinajstić information content (AvgIpc) is 2.70. The minimum absolute atomic E-state index is 0.0522. The number of piperidine rings is 1. The van der Waals surface area contributed by atoms with Crippen LogP contribution in [0.1, 0.15) is 35.2 Å². The van der Waals surface area contributed by atoms with Crippen molar-refractivity contribution in [3.8, 4) is 0 Å². The standard InChI is InChI=1S/C22H26ClFN2O2/c23-18-8-6-16(7-9-18)15-22(28)10-12-26(13-11-22)20(24)14-19(25)21(27)17-4-2-1-3-5-17/h1-9,19-20,28H,10-15,25H2. The Kier molecular flexibility index (Phi) is 6.83. The van der Waals surface area contributed by atoms with Crippen molar-refractivity contribution in [2.75, 3.05) is 13.1 Å². The lowest BCUT2D eigenvalue weighted by Gasteiger charge is -2.40. The summed E-state index contributed by atoms with van der Waals surface area (Å²) < 4.78 is 14.7. The second-order valence-electron chi connectivity index (χ2n) is 7.57. The van der Waals surface area contributed by atoms with Crippen molar-refractivity contribution in [2.45, 2.75) is 43.6 Å². The number of hydrogen-bond acceptors (Lipinski definition) is 4. The van der Waals surface area contributed by atoms with E-state index in [2.05, 4.69) is 0 Å². The van der Waals surface area contributed by atoms with E-state index >= 15 is 0 Å². The maximum atomic E-state index is 14.7. The molecule has 3 rings (SSSR count). The third-order valence-corrected chi connectivity index (χ3v) is 5.67. The molecular formula is C22H26ClFN2O2. The summed E-state index contributed by atoms with van der Waals surface area (Å²) in [6.07, 6.45) is 0.0999. The zero-order valence-electron chi connectivity index (χ0n) is 15.7. The first kappa shape index (κ1) is 20.9. The van der Waals surface area contributed by atoms with Crippen LogP contribution in [0.3, 0.4) is 0 Å². The van der Waals surface area contributed by atoms with E-state index in [1.165, 1.54) is 0 Å². The van der Waals surface area contributed by atoms with Crippen molar-refractivity contribution in [1.82, 2.24) is 4.90 Å². The Morgan fingerprint density at radius 2 is 1.75 bits per heavy atom. The molecule has 1 heterocycles. The topological polar surface area (TPSA) is 66.6 Å². The Hall–Kier alpha value is -1.79. The van der Waals surface area contributed by atoms with Gasteiger partial charge in [-0.15, -0.1) is 0 Å². The van der Waals surface area contributed by atoms with Gasteiger partial charge in [0.1, 0.15) is 0 Å². The van der Waals surface area contributed by atoms with Gasteiger partial charge >= 0.3 is 0 Å². The Bertz CT molecular complexity index is 777. The highest BCUT2D eigenvalue weighted by Crippen LogP contribution is 2.29. The zero-order valence-corrected chi connectivity index (χ0v) is 16.5. The first-order valence-corrected chi connectivity index (χ1v) is 9.94. The highest BCUT2D eigenvalue weighted by molar-refractivity contribution is 6.30. The molecule has 2 aromatic rings. The Morgan fingerprint density at radius 1 is 1.14 bits per heavy atom. The summed E-state index contributed by atoms with van der Waals surface area (Å²) in [5.41, 5.74) is 6.60. The third-order valence-electron chi connectivity index (χ3n) is 5.41. The van der Waals surface area contributed by atoms with E-state index in [1.54, 1.807) is 41.3 Å². The van der Waals surface area contributed by atoms with Crippen LogP contribution in [0.5, 0.6) is 0 Å². The van der Waals surface area contributed by atoms with Crippen LogP contribution in [0.25, 0.3) is 0 Å². The number of carbonyl (C=O) groups is 1. The summed E-state index contributed by atoms with van der Waals surface area (Å²) in [5.74, 6) is -0.250. The number of nitrogens with zero attached hydrogens (tertiary/aromatic N) is 1. The number of halogens is 2. The van der Waals surface area contributed by atoms with E-state index in [4.69, 9.17) is 17.3 Å². The predicted octanol–water partition coefficient (Wildman–Crippen LogP) is 3.61. The van der Waals surface area contributed by atoms with E-state index in [-0.39, 0.29) is 12.2 Å². The second kappa shape index (κ2) is 9.14. The van der Waals surface area contributed by atoms with E-state index in [9.17, 15) is 14.3 Å². The first-order chi connectivity index (χ1) is 13.4. The minimum atomic E-state index is -1.30. The van der Waals surface area contributed by atoms with Crippen LogP contribution in [0.4, 0.5) is 4.39 Å². The van der Waals surface area contributed by atoms with Crippen LogP contribution < -0.4 is 5.73 Å². The molecule has 28 heavy (non-hydrogen) atoms. The number of hydrogen-bond donors (Lipinski definition) is 2. The largest absolute Gasteiger partial charge is 0.389 e. The molecule has 4 nitrogen and oxygen atoms in total. The molecule has 0 saturated carbocycles. The molecule has 2 aromatic carbocycles. The fraction of sp³-hybridized carbons (Fsp3) is 0.409. The molecule has 6 heteroatoms. The van der Waals surface area contributed by atoms with E-state index in [1.807, 2.05) is 18.2 Å². The molecule has 2 unspecified atom stereocenters. The molecule has 1 aliphatic rings. The van der Waals surface area contributed by atoms with Gasteiger partial charge in [0.2, 0.25) is 0 Å². The molecule has 0 bridgehead atoms. The number of alkyl halides is 1. The highest BCUT2D eigenvalue weighted by Gasteiger charge is 2.35. The molecule has 0 aliphatic carbocycles. The van der Waals surface area contributed by atoms with Crippen LogP contribution in [-0.2, 0) is 6.42 Å². The molecule has 150 valence electrons. The number of Topliss-reactive ketones (excluding diaryl/α,β-unsaturated/α-hetero) is 1. The Labute approximate surface area is 170 Å². The summed E-state index contributed by atoms with van der Waals surface area (Å²) in [4.78, 5) is 14.0. The van der Waals surface area contributed by atoms with Gasteiger partial charge in [-0.05, 0) is 30.5 Å². The summed E-state index contributed by atoms with van der Waals surface area (Å²) in [5, 5.41) is 11.5. The molecule has 1 aliphatic heterocycles. The molecule has 3 N–H and O–H groups in total. The fourth-order valence-corrected chi connectivity index (χ4v) is 3.79. The molecule has 0 amide bonds. The Morgan fingerprint density at radius 3 is 2.36 bits per heavy atom. The van der Waals surface area contributed by atoms with Crippen molar-refractivity contribution in [3.05, 3.63) is 70.7 Å². The minimum Gasteiger partial charge on any atom is -0.389 e. The Balaban J connectivity index is 1.51. The van der Waals surface area contributed by atoms with Crippen molar-refractivity contribution in [3.63, 3.8) is 0 Å². The number of ketones is 1. The lowest BCUT2D eigenvalue weighted by atomic mass is 9.85. The van der Waals surface area contributed by atoms with E-state index in [0.717, 1.165) is 5.56 Å². The number of rotatable bonds is 7. The summed E-state index contributed by atoms with van der Waals surface area (Å²) in [6, 6.07) is 15.2. The number of likely N-dealkylation sites (tertiary alicyclic amines) is 1. The van der Waals surface area contributed by atoms with Crippen molar-refractivity contribution < 1.29 is 14.3 Å². The molecule has 1 fully saturated rings. The SMILES string of the molecule is NC(CC(F)N1CCC(O)(Cc2ccc(Cl)cc2)CC1)C(=O)c1ccccc1. The summed E-state index contributed by atoms with van der Waals surface area (Å²) >= 11 is 5.90. The number of benzene rings is 2. The normalized spacial score (nSPS) is 19.1. The van der Waals surface area contributed by atoms with Crippen molar-refractivity contribution in [2.24, 2.45) is 5.73 Å². The second-order valence-corrected chi connectivity index (χ2v) is 8.01. The van der Waals surface area contributed by atoms with Gasteiger partial charge < -0.3 is 10.8 Å². The van der Waals surface area contributed by atoms with Gasteiger partial charge in [0, 0.05) is 36.5 Å². The van der Waals surface area contributed by atoms with Crippen LogP contribution in [0, 0.1) is 0 Å². The third kappa shape index (κ3) is 5.39. The van der Waals surface area contributed by atoms with Gasteiger partial charge in [-0.1, -0.05) is 54.1 Å². The van der Waals surface area contributed by atoms with Crippen LogP contribution in [-0.4, -0.2) is 46.8 Å². The quantitative estimate of drug-likeness (QED) is 0.546. The van der Waals surface area contributed by atoms with Gasteiger partial charge in [-0.25, -0.2) is 4.39 Å². The van der Waals surface area contributed by atoms with Crippen LogP contribution >= 0.6 is 11.6 Å². The van der Waals surface area contributed by atoms with Gasteiger partial charge in [0.05, 0.1) is 11.6 Å². The molecule has 1 saturated heterocycles. The zero-order chi connectivity index (χ0) is 20.1. The lowest BCUT2D eigenvalue weighted by Crippen LogP contribution is -2.49. The number of aliphatic hydroxyl groups is 1. The van der Waals surface area contributed by atoms with Gasteiger partial charge in [0.25, 0.3) is 0 Å². The molecular weight excluding hydrogens is 379 g/mol. The fourth-order valence-electron chi connectivity index (χ4n) is 3.66. The molecule has 0 aromatic heterocycles. The monoisotopic (exact) mass is 404 g/mol. The van der Waals surface area contributed by atoms with Crippen LogP contribution in [0.2, 0.25) is 5.02 Å². The van der Waals surface area contributed by atoms with Crippen molar-refractivity contribution in [1.29, 1.82) is 0 Å². The van der Waals surface area contributed by atoms with E-state index in [0.29, 0.717) is 42.9 Å². The maximum absolute atomic E-state index is 14.7. The summed E-state index contributed by atoms with van der Waals surface area (Å²) in [7, 11) is 0. The van der Waals surface area contributed by atoms with Gasteiger partial charge in [-0.2, -0.15) is 0 Å². The van der Waals surface area contributed by atoms with Gasteiger partial charge in [0.15, 0.2) is 12.1 Å². The van der Waals surface area contributed by atoms with E-state index < -0.39 is 17.9 Å². The number of nitrogens with two attached hydrogens (primary N) is 1. The molecule has 0 radical (unpaired) electrons. The van der Waals surface area contributed by atoms with Crippen molar-refractivity contribution >= 4 is 17.4 Å². The van der Waals surface area contributed by atoms with Gasteiger partial charge in [-0.3, -0.25) is 9.69 Å². The summed E-state index contributed by atoms with van der Waals surface area (Å²) in [6.45, 7) is 0.856. The molecule has 2 atom stereocenters. The average molecular weight is 405 g/mol. The smallest absolute Gasteiger partial charge is 0.179 e. The predicted molar refractivity (Wildman–Crippen MR) is 109 cm³/mol. The molecule has 0 spiro atoms.